The molecule has 0 radical (unpaired) electrons. The normalized spacial score (nSPS) is 13.4. The molecule has 1 saturated heterocycles. The number of aromatic nitrogens is 2. The van der Waals surface area contributed by atoms with Crippen molar-refractivity contribution in [1.29, 1.82) is 0 Å². The molecule has 1 aromatic heterocycles. The zero-order chi connectivity index (χ0) is 21.8. The molecule has 2 amide bonds. The molecule has 1 aliphatic heterocycles. The van der Waals surface area contributed by atoms with Crippen LogP contribution in [0.4, 0.5) is 5.69 Å². The summed E-state index contributed by atoms with van der Waals surface area (Å²) in [4.78, 5) is 27.6. The van der Waals surface area contributed by atoms with Gasteiger partial charge < -0.3 is 19.7 Å². The van der Waals surface area contributed by atoms with Crippen LogP contribution in [0, 0.1) is 13.8 Å². The van der Waals surface area contributed by atoms with Gasteiger partial charge in [-0.3, -0.25) is 14.3 Å². The van der Waals surface area contributed by atoms with Gasteiger partial charge in [-0.25, -0.2) is 0 Å². The van der Waals surface area contributed by atoms with Crippen LogP contribution in [-0.4, -0.2) is 53.8 Å². The van der Waals surface area contributed by atoms with E-state index in [0.717, 1.165) is 42.9 Å². The Bertz CT molecular complexity index is 945. The number of anilines is 1. The summed E-state index contributed by atoms with van der Waals surface area (Å²) in [5.74, 6) is 0.646. The standard InChI is InChI=1S/C22H30N4O4/c1-14-16(15(2)25(3)24-14)8-9-21(27)23-18-13-20(30-5)19(29-4)12-17(18)22(28)26-10-6-7-11-26/h12-13H,6-11H2,1-5H3,(H,23,27). The van der Waals surface area contributed by atoms with Crippen LogP contribution in [0.25, 0.3) is 0 Å². The highest BCUT2D eigenvalue weighted by Crippen LogP contribution is 2.34. The van der Waals surface area contributed by atoms with E-state index in [0.29, 0.717) is 35.6 Å². The number of nitrogens with one attached hydrogen (secondary N) is 1. The molecule has 8 nitrogen and oxygen atoms in total. The Hall–Kier alpha value is -3.03. The van der Waals surface area contributed by atoms with E-state index in [1.165, 1.54) is 14.2 Å². The summed E-state index contributed by atoms with van der Waals surface area (Å²) in [5, 5.41) is 7.31. The molecule has 1 aromatic carbocycles. The van der Waals surface area contributed by atoms with Crippen LogP contribution >= 0.6 is 0 Å². The highest BCUT2D eigenvalue weighted by Gasteiger charge is 2.25. The Balaban J connectivity index is 1.82. The van der Waals surface area contributed by atoms with Crippen LogP contribution in [-0.2, 0) is 18.3 Å². The van der Waals surface area contributed by atoms with Gasteiger partial charge in [0.2, 0.25) is 5.91 Å². The molecular formula is C22H30N4O4. The van der Waals surface area contributed by atoms with Crippen molar-refractivity contribution in [2.45, 2.75) is 39.5 Å². The molecule has 1 N–H and O–H groups in total. The van der Waals surface area contributed by atoms with Crippen molar-refractivity contribution in [3.63, 3.8) is 0 Å². The maximum Gasteiger partial charge on any atom is 0.256 e. The number of aryl methyl sites for hydroxylation is 2. The molecular weight excluding hydrogens is 384 g/mol. The van der Waals surface area contributed by atoms with Gasteiger partial charge in [-0.1, -0.05) is 0 Å². The van der Waals surface area contributed by atoms with Gasteiger partial charge in [0.15, 0.2) is 11.5 Å². The highest BCUT2D eigenvalue weighted by atomic mass is 16.5. The smallest absolute Gasteiger partial charge is 0.256 e. The van der Waals surface area contributed by atoms with E-state index in [1.807, 2.05) is 25.6 Å². The Kier molecular flexibility index (Phi) is 6.64. The lowest BCUT2D eigenvalue weighted by molar-refractivity contribution is -0.116. The molecule has 0 unspecified atom stereocenters. The van der Waals surface area contributed by atoms with Crippen LogP contribution in [0.2, 0.25) is 0 Å². The Morgan fingerprint density at radius 3 is 2.30 bits per heavy atom. The van der Waals surface area contributed by atoms with Crippen molar-refractivity contribution in [3.8, 4) is 11.5 Å². The summed E-state index contributed by atoms with van der Waals surface area (Å²) in [6.45, 7) is 5.38. The third-order valence-electron chi connectivity index (χ3n) is 5.68. The topological polar surface area (TPSA) is 85.7 Å². The summed E-state index contributed by atoms with van der Waals surface area (Å²) in [7, 11) is 4.95. The molecule has 30 heavy (non-hydrogen) atoms. The van der Waals surface area contributed by atoms with E-state index >= 15 is 0 Å². The second-order valence-electron chi connectivity index (χ2n) is 7.57. The number of rotatable bonds is 7. The van der Waals surface area contributed by atoms with Gasteiger partial charge in [0.05, 0.1) is 31.2 Å². The van der Waals surface area contributed by atoms with Gasteiger partial charge in [-0.15, -0.1) is 0 Å². The number of methoxy groups -OCH3 is 2. The van der Waals surface area contributed by atoms with Crippen molar-refractivity contribution in [2.24, 2.45) is 7.05 Å². The Labute approximate surface area is 177 Å². The molecule has 162 valence electrons. The fourth-order valence-corrected chi connectivity index (χ4v) is 3.88. The average Bonchev–Trinajstić information content (AvgIpc) is 3.34. The van der Waals surface area contributed by atoms with Gasteiger partial charge in [0.25, 0.3) is 5.91 Å². The second kappa shape index (κ2) is 9.19. The molecule has 1 fully saturated rings. The first-order valence-electron chi connectivity index (χ1n) is 10.2. The summed E-state index contributed by atoms with van der Waals surface area (Å²) < 4.78 is 12.6. The number of nitrogens with zero attached hydrogens (tertiary/aromatic N) is 3. The number of likely N-dealkylation sites (tertiary alicyclic amines) is 1. The molecule has 8 heteroatoms. The zero-order valence-corrected chi connectivity index (χ0v) is 18.4. The molecule has 2 heterocycles. The van der Waals surface area contributed by atoms with E-state index < -0.39 is 0 Å². The van der Waals surface area contributed by atoms with Gasteiger partial charge in [0.1, 0.15) is 0 Å². The highest BCUT2D eigenvalue weighted by molar-refractivity contribution is 6.04. The summed E-state index contributed by atoms with van der Waals surface area (Å²) in [5.41, 5.74) is 3.91. The van der Waals surface area contributed by atoms with Crippen LogP contribution < -0.4 is 14.8 Å². The first-order valence-corrected chi connectivity index (χ1v) is 10.2. The number of carbonyl (C=O) groups excluding carboxylic acids is 2. The third kappa shape index (κ3) is 4.42. The third-order valence-corrected chi connectivity index (χ3v) is 5.68. The molecule has 2 aromatic rings. The van der Waals surface area contributed by atoms with Crippen molar-refractivity contribution in [1.82, 2.24) is 14.7 Å². The van der Waals surface area contributed by atoms with E-state index in [4.69, 9.17) is 9.47 Å². The molecule has 1 aliphatic rings. The average molecular weight is 415 g/mol. The number of ether oxygens (including phenoxy) is 2. The van der Waals surface area contributed by atoms with Crippen LogP contribution in [0.15, 0.2) is 12.1 Å². The minimum Gasteiger partial charge on any atom is -0.493 e. The van der Waals surface area contributed by atoms with Crippen LogP contribution in [0.5, 0.6) is 11.5 Å². The predicted octanol–water partition coefficient (Wildman–Crippen LogP) is 2.86. The van der Waals surface area contributed by atoms with E-state index in [1.54, 1.807) is 17.0 Å². The Morgan fingerprint density at radius 2 is 1.73 bits per heavy atom. The first-order chi connectivity index (χ1) is 14.3. The first kappa shape index (κ1) is 21.7. The number of carbonyl (C=O) groups is 2. The molecule has 0 saturated carbocycles. The van der Waals surface area contributed by atoms with E-state index in [2.05, 4.69) is 10.4 Å². The summed E-state index contributed by atoms with van der Waals surface area (Å²) >= 11 is 0. The summed E-state index contributed by atoms with van der Waals surface area (Å²) in [6.07, 6.45) is 2.86. The number of benzene rings is 1. The second-order valence-corrected chi connectivity index (χ2v) is 7.57. The van der Waals surface area contributed by atoms with Crippen molar-refractivity contribution < 1.29 is 19.1 Å². The zero-order valence-electron chi connectivity index (χ0n) is 18.4. The van der Waals surface area contributed by atoms with Crippen LogP contribution in [0.3, 0.4) is 0 Å². The quantitative estimate of drug-likeness (QED) is 0.753. The van der Waals surface area contributed by atoms with Crippen molar-refractivity contribution in [3.05, 3.63) is 34.6 Å². The number of amides is 2. The number of hydrogen-bond acceptors (Lipinski definition) is 5. The maximum atomic E-state index is 13.1. The fraction of sp³-hybridized carbons (Fsp3) is 0.500. The summed E-state index contributed by atoms with van der Waals surface area (Å²) in [6, 6.07) is 3.30. The van der Waals surface area contributed by atoms with E-state index in [9.17, 15) is 9.59 Å². The predicted molar refractivity (Wildman–Crippen MR) is 114 cm³/mol. The van der Waals surface area contributed by atoms with Gasteiger partial charge in [-0.2, -0.15) is 5.10 Å². The minimum atomic E-state index is -0.166. The molecule has 0 aliphatic carbocycles. The molecule has 0 spiro atoms. The minimum absolute atomic E-state index is 0.109. The van der Waals surface area contributed by atoms with E-state index in [-0.39, 0.29) is 11.8 Å². The van der Waals surface area contributed by atoms with Gasteiger partial charge >= 0.3 is 0 Å². The fourth-order valence-electron chi connectivity index (χ4n) is 3.88. The van der Waals surface area contributed by atoms with Crippen molar-refractivity contribution in [2.75, 3.05) is 32.6 Å². The molecule has 0 atom stereocenters. The molecule has 3 rings (SSSR count). The van der Waals surface area contributed by atoms with Crippen molar-refractivity contribution >= 4 is 17.5 Å². The molecule has 0 bridgehead atoms. The van der Waals surface area contributed by atoms with Gasteiger partial charge in [-0.05, 0) is 44.7 Å². The largest absolute Gasteiger partial charge is 0.493 e. The SMILES string of the molecule is COc1cc(NC(=O)CCc2c(C)nn(C)c2C)c(C(=O)N2CCCC2)cc1OC. The monoisotopic (exact) mass is 414 g/mol. The Morgan fingerprint density at radius 1 is 1.10 bits per heavy atom. The maximum absolute atomic E-state index is 13.1. The lowest BCUT2D eigenvalue weighted by Crippen LogP contribution is -2.29. The lowest BCUT2D eigenvalue weighted by Gasteiger charge is -2.20. The van der Waals surface area contributed by atoms with Crippen LogP contribution in [0.1, 0.15) is 46.6 Å². The van der Waals surface area contributed by atoms with Gasteiger partial charge in [0, 0.05) is 38.3 Å². The lowest BCUT2D eigenvalue weighted by atomic mass is 10.1. The number of hydrogen-bond donors (Lipinski definition) is 1.